The van der Waals surface area contributed by atoms with E-state index in [9.17, 15) is 14.4 Å². The summed E-state index contributed by atoms with van der Waals surface area (Å²) in [6.45, 7) is 0. The van der Waals surface area contributed by atoms with E-state index in [-0.39, 0.29) is 103 Å². The van der Waals surface area contributed by atoms with Crippen LogP contribution in [-0.2, 0) is 4.57 Å². The van der Waals surface area contributed by atoms with Crippen LogP contribution in [0.4, 0.5) is 0 Å². The Hall–Kier alpha value is 2.38. The molecule has 0 N–H and O–H groups in total. The predicted octanol–water partition coefficient (Wildman–Crippen LogP) is -5.42. The van der Waals surface area contributed by atoms with Crippen molar-refractivity contribution in [2.45, 2.75) is 0 Å². The van der Waals surface area contributed by atoms with Gasteiger partial charge in [0, 0.05) is 0 Å². The summed E-state index contributed by atoms with van der Waals surface area (Å²) in [6.07, 6.45) is 1.28. The summed E-state index contributed by atoms with van der Waals surface area (Å²) in [4.78, 5) is 20.4. The first-order chi connectivity index (χ1) is 5.58. The summed E-state index contributed by atoms with van der Waals surface area (Å²) in [5.41, 5.74) is 0.699. The molecule has 0 saturated heterocycles. The van der Waals surface area contributed by atoms with Crippen LogP contribution in [0.5, 0.6) is 0 Å². The Labute approximate surface area is 168 Å². The first-order valence-electron chi connectivity index (χ1n) is 3.34. The molecule has 0 amide bonds. The van der Waals surface area contributed by atoms with Crippen LogP contribution in [0.15, 0.2) is 36.1 Å². The molecule has 1 aromatic rings. The van der Waals surface area contributed by atoms with Gasteiger partial charge in [0.2, 0.25) is 0 Å². The molecule has 0 unspecified atom stereocenters. The van der Waals surface area contributed by atoms with Crippen LogP contribution < -0.4 is 113 Å². The zero-order valence-corrected chi connectivity index (χ0v) is 15.4. The Balaban J connectivity index is 0. The van der Waals surface area contributed by atoms with E-state index in [0.29, 0.717) is 11.4 Å². The maximum Gasteiger partial charge on any atom is 1.00 e. The fourth-order valence-corrected chi connectivity index (χ4v) is 1.10. The molecule has 0 heterocycles. The fourth-order valence-electron chi connectivity index (χ4n) is 0.742. The van der Waals surface area contributed by atoms with Crippen molar-refractivity contribution in [1.82, 2.24) is 0 Å². The number of hydrogen-bond acceptors (Lipinski definition) is 3. The second-order valence-corrected chi connectivity index (χ2v) is 3.64. The van der Waals surface area contributed by atoms with Gasteiger partial charge in [-0.25, -0.2) is 0 Å². The monoisotopic (exact) mass is 260 g/mol. The molecule has 0 aliphatic heterocycles. The molecule has 1 aromatic carbocycles. The standard InChI is InChI=1S/C8H9O3P.2K/c9-12(10,11)7-6-8-4-2-1-3-5-8;;/h1-7H,(H2,9,10,11);;/q;2*+1/p-2. The normalized spacial score (nSPS) is 10.4. The first-order valence-corrected chi connectivity index (χ1v) is 4.95. The maximum atomic E-state index is 10.2. The van der Waals surface area contributed by atoms with Gasteiger partial charge in [0.15, 0.2) is 0 Å². The van der Waals surface area contributed by atoms with Gasteiger partial charge in [-0.2, -0.15) is 0 Å². The molecule has 0 aliphatic carbocycles. The van der Waals surface area contributed by atoms with Crippen molar-refractivity contribution in [2.75, 3.05) is 0 Å². The van der Waals surface area contributed by atoms with Crippen LogP contribution in [0.25, 0.3) is 6.08 Å². The van der Waals surface area contributed by atoms with Gasteiger partial charge in [-0.15, -0.1) is 0 Å². The molecule has 3 nitrogen and oxygen atoms in total. The van der Waals surface area contributed by atoms with Gasteiger partial charge in [-0.05, 0) is 13.2 Å². The Kier molecular flexibility index (Phi) is 12.6. The van der Waals surface area contributed by atoms with Crippen LogP contribution in [-0.4, -0.2) is 0 Å². The fraction of sp³-hybridized carbons (Fsp3) is 0. The van der Waals surface area contributed by atoms with Crippen molar-refractivity contribution >= 4 is 13.7 Å². The maximum absolute atomic E-state index is 10.2. The largest absolute Gasteiger partial charge is 1.00 e. The van der Waals surface area contributed by atoms with Crippen molar-refractivity contribution < 1.29 is 117 Å². The van der Waals surface area contributed by atoms with Gasteiger partial charge in [0.25, 0.3) is 0 Å². The van der Waals surface area contributed by atoms with Crippen LogP contribution in [0, 0.1) is 0 Å². The Morgan fingerprint density at radius 3 is 2.00 bits per heavy atom. The van der Waals surface area contributed by atoms with E-state index in [1.54, 1.807) is 24.3 Å². The Bertz CT molecular complexity index is 321. The predicted molar refractivity (Wildman–Crippen MR) is 43.1 cm³/mol. The summed E-state index contributed by atoms with van der Waals surface area (Å²) >= 11 is 0. The zero-order valence-electron chi connectivity index (χ0n) is 8.21. The molecule has 0 aliphatic rings. The molecule has 0 spiro atoms. The zero-order chi connectivity index (χ0) is 9.03. The van der Waals surface area contributed by atoms with E-state index in [2.05, 4.69) is 0 Å². The molecular weight excluding hydrogens is 253 g/mol. The third-order valence-corrected chi connectivity index (χ3v) is 1.76. The minimum absolute atomic E-state index is 0. The molecule has 0 fully saturated rings. The second-order valence-electron chi connectivity index (χ2n) is 2.27. The Morgan fingerprint density at radius 2 is 1.57 bits per heavy atom. The van der Waals surface area contributed by atoms with E-state index in [1.165, 1.54) is 6.08 Å². The van der Waals surface area contributed by atoms with Gasteiger partial charge in [-0.3, -0.25) is 0 Å². The minimum atomic E-state index is -4.51. The topological polar surface area (TPSA) is 63.2 Å². The molecule has 0 saturated carbocycles. The summed E-state index contributed by atoms with van der Waals surface area (Å²) in [5.74, 6) is 0.669. The van der Waals surface area contributed by atoms with Gasteiger partial charge in [0.1, 0.15) is 0 Å². The van der Waals surface area contributed by atoms with E-state index in [1.807, 2.05) is 6.07 Å². The van der Waals surface area contributed by atoms with Gasteiger partial charge in [0.05, 0.1) is 0 Å². The van der Waals surface area contributed by atoms with Crippen molar-refractivity contribution in [3.8, 4) is 0 Å². The van der Waals surface area contributed by atoms with Crippen LogP contribution >= 0.6 is 7.60 Å². The smallest absolute Gasteiger partial charge is 0.808 e. The SMILES string of the molecule is O=P([O-])([O-])C=Cc1ccccc1.[K+].[K+]. The van der Waals surface area contributed by atoms with Gasteiger partial charge >= 0.3 is 103 Å². The minimum Gasteiger partial charge on any atom is -0.808 e. The van der Waals surface area contributed by atoms with E-state index in [0.717, 1.165) is 0 Å². The van der Waals surface area contributed by atoms with Crippen molar-refractivity contribution in [3.63, 3.8) is 0 Å². The molecule has 6 heteroatoms. The number of rotatable bonds is 2. The third-order valence-electron chi connectivity index (χ3n) is 1.25. The summed E-state index contributed by atoms with van der Waals surface area (Å²) in [5, 5.41) is 0. The van der Waals surface area contributed by atoms with Crippen molar-refractivity contribution in [3.05, 3.63) is 41.7 Å². The van der Waals surface area contributed by atoms with E-state index in [4.69, 9.17) is 0 Å². The average molecular weight is 260 g/mol. The second kappa shape index (κ2) is 9.42. The molecule has 0 aromatic heterocycles. The van der Waals surface area contributed by atoms with E-state index >= 15 is 0 Å². The first kappa shape index (κ1) is 18.7. The summed E-state index contributed by atoms with van der Waals surface area (Å²) < 4.78 is 10.2. The molecule has 0 radical (unpaired) electrons. The average Bonchev–Trinajstić information content (AvgIpc) is 2.02. The summed E-state index contributed by atoms with van der Waals surface area (Å²) in [6, 6.07) is 8.77. The molecule has 1 rings (SSSR count). The van der Waals surface area contributed by atoms with Crippen LogP contribution in [0.2, 0.25) is 0 Å². The van der Waals surface area contributed by atoms with Crippen molar-refractivity contribution in [2.24, 2.45) is 0 Å². The molecular formula is C8H7K2O3P. The molecule has 14 heavy (non-hydrogen) atoms. The number of benzene rings is 1. The summed E-state index contributed by atoms with van der Waals surface area (Å²) in [7, 11) is -4.51. The van der Waals surface area contributed by atoms with Gasteiger partial charge < -0.3 is 14.4 Å². The Morgan fingerprint density at radius 1 is 1.07 bits per heavy atom. The molecule has 0 atom stereocenters. The number of hydrogen-bond donors (Lipinski definition) is 0. The molecule has 64 valence electrons. The van der Waals surface area contributed by atoms with E-state index < -0.39 is 7.60 Å². The quantitative estimate of drug-likeness (QED) is 0.394. The van der Waals surface area contributed by atoms with Gasteiger partial charge in [-0.1, -0.05) is 42.2 Å². The van der Waals surface area contributed by atoms with Crippen LogP contribution in [0.1, 0.15) is 5.56 Å². The van der Waals surface area contributed by atoms with Crippen LogP contribution in [0.3, 0.4) is 0 Å². The van der Waals surface area contributed by atoms with Crippen molar-refractivity contribution in [1.29, 1.82) is 0 Å². The molecule has 0 bridgehead atoms. The third kappa shape index (κ3) is 9.60.